The fraction of sp³-hybridized carbons (Fsp3) is 0.316. The fourth-order valence-electron chi connectivity index (χ4n) is 2.23. The number of carbonyl (C=O) groups is 2. The lowest BCUT2D eigenvalue weighted by Gasteiger charge is -2.12. The van der Waals surface area contributed by atoms with Crippen LogP contribution in [0.4, 0.5) is 5.69 Å². The van der Waals surface area contributed by atoms with Crippen LogP contribution in [0.3, 0.4) is 0 Å². The maximum absolute atomic E-state index is 12.4. The quantitative estimate of drug-likeness (QED) is 0.884. The molecule has 1 aromatic carbocycles. The number of pyridine rings is 1. The molecule has 2 amide bonds. The van der Waals surface area contributed by atoms with Gasteiger partial charge in [0.2, 0.25) is 0 Å². The van der Waals surface area contributed by atoms with Crippen LogP contribution in [0.2, 0.25) is 0 Å². The van der Waals surface area contributed by atoms with Gasteiger partial charge in [0.05, 0.1) is 0 Å². The van der Waals surface area contributed by atoms with Crippen molar-refractivity contribution in [3.05, 3.63) is 58.9 Å². The van der Waals surface area contributed by atoms with E-state index >= 15 is 0 Å². The van der Waals surface area contributed by atoms with E-state index in [1.54, 1.807) is 18.2 Å². The summed E-state index contributed by atoms with van der Waals surface area (Å²) in [4.78, 5) is 28.7. The first-order chi connectivity index (χ1) is 11.4. The van der Waals surface area contributed by atoms with Crippen molar-refractivity contribution in [2.75, 3.05) is 5.32 Å². The zero-order valence-corrected chi connectivity index (χ0v) is 14.5. The molecule has 0 aliphatic carbocycles. The van der Waals surface area contributed by atoms with Crippen LogP contribution in [0, 0.1) is 13.8 Å². The highest BCUT2D eigenvalue weighted by atomic mass is 16.2. The molecular formula is C19H23N3O2. The Balaban J connectivity index is 2.15. The van der Waals surface area contributed by atoms with Crippen molar-refractivity contribution in [1.29, 1.82) is 0 Å². The molecule has 5 nitrogen and oxygen atoms in total. The van der Waals surface area contributed by atoms with E-state index in [2.05, 4.69) is 15.6 Å². The number of aryl methyl sites for hydroxylation is 2. The Morgan fingerprint density at radius 1 is 1.08 bits per heavy atom. The Hall–Kier alpha value is -2.69. The summed E-state index contributed by atoms with van der Waals surface area (Å²) in [7, 11) is 0. The second kappa shape index (κ2) is 7.73. The van der Waals surface area contributed by atoms with Crippen LogP contribution in [0.15, 0.2) is 36.4 Å². The molecule has 0 bridgehead atoms. The third-order valence-corrected chi connectivity index (χ3v) is 3.83. The van der Waals surface area contributed by atoms with E-state index in [9.17, 15) is 9.59 Å². The number of nitrogens with one attached hydrogen (secondary N) is 2. The van der Waals surface area contributed by atoms with Gasteiger partial charge in [-0.2, -0.15) is 0 Å². The molecule has 126 valence electrons. The summed E-state index contributed by atoms with van der Waals surface area (Å²) in [6.45, 7) is 7.85. The molecule has 1 unspecified atom stereocenters. The Kier molecular flexibility index (Phi) is 5.68. The molecule has 0 fully saturated rings. The summed E-state index contributed by atoms with van der Waals surface area (Å²) < 4.78 is 0. The molecule has 24 heavy (non-hydrogen) atoms. The van der Waals surface area contributed by atoms with E-state index in [-0.39, 0.29) is 29.2 Å². The van der Waals surface area contributed by atoms with Gasteiger partial charge in [0.25, 0.3) is 11.8 Å². The number of amides is 2. The minimum absolute atomic E-state index is 0.0620. The van der Waals surface area contributed by atoms with Crippen LogP contribution in [-0.4, -0.2) is 22.8 Å². The molecule has 0 spiro atoms. The number of hydrogen-bond acceptors (Lipinski definition) is 3. The third-order valence-electron chi connectivity index (χ3n) is 3.83. The molecule has 2 N–H and O–H groups in total. The van der Waals surface area contributed by atoms with Crippen molar-refractivity contribution in [3.8, 4) is 0 Å². The van der Waals surface area contributed by atoms with Gasteiger partial charge in [-0.3, -0.25) is 9.59 Å². The van der Waals surface area contributed by atoms with Crippen molar-refractivity contribution in [2.45, 2.75) is 40.2 Å². The highest BCUT2D eigenvalue weighted by Gasteiger charge is 2.14. The molecule has 1 aromatic heterocycles. The SMILES string of the molecule is CCC(C)NC(=O)c1cccc(C(=O)Nc2ccc(C)cc2C)n1. The Labute approximate surface area is 142 Å². The number of aromatic nitrogens is 1. The average molecular weight is 325 g/mol. The van der Waals surface area contributed by atoms with Gasteiger partial charge in [-0.1, -0.05) is 30.7 Å². The predicted molar refractivity (Wildman–Crippen MR) is 95.3 cm³/mol. The largest absolute Gasteiger partial charge is 0.348 e. The van der Waals surface area contributed by atoms with Crippen LogP contribution < -0.4 is 10.6 Å². The number of carbonyl (C=O) groups excluding carboxylic acids is 2. The molecule has 0 saturated heterocycles. The lowest BCUT2D eigenvalue weighted by atomic mass is 10.1. The molecule has 5 heteroatoms. The molecule has 2 aromatic rings. The number of nitrogens with zero attached hydrogens (tertiary/aromatic N) is 1. The van der Waals surface area contributed by atoms with Crippen LogP contribution in [0.1, 0.15) is 52.4 Å². The van der Waals surface area contributed by atoms with E-state index in [1.165, 1.54) is 0 Å². The maximum atomic E-state index is 12.4. The number of anilines is 1. The second-order valence-corrected chi connectivity index (χ2v) is 5.96. The van der Waals surface area contributed by atoms with Crippen LogP contribution in [-0.2, 0) is 0 Å². The lowest BCUT2D eigenvalue weighted by molar-refractivity contribution is 0.0934. The second-order valence-electron chi connectivity index (χ2n) is 5.96. The average Bonchev–Trinajstić information content (AvgIpc) is 2.57. The van der Waals surface area contributed by atoms with Crippen molar-refractivity contribution < 1.29 is 9.59 Å². The van der Waals surface area contributed by atoms with E-state index < -0.39 is 0 Å². The molecule has 0 saturated carbocycles. The summed E-state index contributed by atoms with van der Waals surface area (Å²) in [5, 5.41) is 5.68. The zero-order chi connectivity index (χ0) is 17.7. The maximum Gasteiger partial charge on any atom is 0.274 e. The van der Waals surface area contributed by atoms with Gasteiger partial charge < -0.3 is 10.6 Å². The van der Waals surface area contributed by atoms with E-state index in [1.807, 2.05) is 45.9 Å². The summed E-state index contributed by atoms with van der Waals surface area (Å²) in [5.74, 6) is -0.606. The highest BCUT2D eigenvalue weighted by molar-refractivity contribution is 6.04. The molecule has 1 heterocycles. The monoisotopic (exact) mass is 325 g/mol. The number of rotatable bonds is 5. The first-order valence-electron chi connectivity index (χ1n) is 8.07. The van der Waals surface area contributed by atoms with Crippen molar-refractivity contribution in [3.63, 3.8) is 0 Å². The predicted octanol–water partition coefficient (Wildman–Crippen LogP) is 3.48. The molecule has 0 aliphatic rings. The molecule has 0 radical (unpaired) electrons. The Morgan fingerprint density at radius 3 is 2.38 bits per heavy atom. The van der Waals surface area contributed by atoms with Crippen molar-refractivity contribution >= 4 is 17.5 Å². The minimum atomic E-state index is -0.333. The van der Waals surface area contributed by atoms with Gasteiger partial charge in [0.1, 0.15) is 11.4 Å². The van der Waals surface area contributed by atoms with Crippen LogP contribution in [0.25, 0.3) is 0 Å². The summed E-state index contributed by atoms with van der Waals surface area (Å²) >= 11 is 0. The van der Waals surface area contributed by atoms with E-state index in [4.69, 9.17) is 0 Å². The standard InChI is InChI=1S/C19H23N3O2/c1-5-14(4)20-18(23)16-7-6-8-17(21-16)19(24)22-15-10-9-12(2)11-13(15)3/h6-11,14H,5H2,1-4H3,(H,20,23)(H,22,24). The summed E-state index contributed by atoms with van der Waals surface area (Å²) in [5.41, 5.74) is 3.30. The zero-order valence-electron chi connectivity index (χ0n) is 14.5. The minimum Gasteiger partial charge on any atom is -0.348 e. The Bertz CT molecular complexity index is 756. The first-order valence-corrected chi connectivity index (χ1v) is 8.07. The van der Waals surface area contributed by atoms with Gasteiger partial charge in [0, 0.05) is 11.7 Å². The highest BCUT2D eigenvalue weighted by Crippen LogP contribution is 2.16. The molecule has 1 atom stereocenters. The van der Waals surface area contributed by atoms with Crippen molar-refractivity contribution in [1.82, 2.24) is 10.3 Å². The molecular weight excluding hydrogens is 302 g/mol. The van der Waals surface area contributed by atoms with Crippen molar-refractivity contribution in [2.24, 2.45) is 0 Å². The smallest absolute Gasteiger partial charge is 0.274 e. The van der Waals surface area contributed by atoms with Gasteiger partial charge in [-0.15, -0.1) is 0 Å². The van der Waals surface area contributed by atoms with Gasteiger partial charge >= 0.3 is 0 Å². The van der Waals surface area contributed by atoms with E-state index in [0.29, 0.717) is 0 Å². The van der Waals surface area contributed by atoms with Gasteiger partial charge in [-0.05, 0) is 51.0 Å². The third kappa shape index (κ3) is 4.41. The van der Waals surface area contributed by atoms with Gasteiger partial charge in [0.15, 0.2) is 0 Å². The molecule has 2 rings (SSSR count). The van der Waals surface area contributed by atoms with Crippen LogP contribution >= 0.6 is 0 Å². The van der Waals surface area contributed by atoms with Crippen LogP contribution in [0.5, 0.6) is 0 Å². The number of benzene rings is 1. The summed E-state index contributed by atoms with van der Waals surface area (Å²) in [6, 6.07) is 10.7. The van der Waals surface area contributed by atoms with E-state index in [0.717, 1.165) is 23.2 Å². The molecule has 0 aliphatic heterocycles. The summed E-state index contributed by atoms with van der Waals surface area (Å²) in [6.07, 6.45) is 0.832. The van der Waals surface area contributed by atoms with Gasteiger partial charge in [-0.25, -0.2) is 4.98 Å². The topological polar surface area (TPSA) is 71.1 Å². The number of hydrogen-bond donors (Lipinski definition) is 2. The lowest BCUT2D eigenvalue weighted by Crippen LogP contribution is -2.32. The Morgan fingerprint density at radius 2 is 1.75 bits per heavy atom. The fourth-order valence-corrected chi connectivity index (χ4v) is 2.23. The first kappa shape index (κ1) is 17.7. The normalized spacial score (nSPS) is 11.7.